The maximum absolute atomic E-state index is 13.0. The van der Waals surface area contributed by atoms with E-state index in [9.17, 15) is 9.65 Å². The van der Waals surface area contributed by atoms with E-state index in [2.05, 4.69) is 31.4 Å². The lowest BCUT2D eigenvalue weighted by Gasteiger charge is -2.00. The minimum Gasteiger partial charge on any atom is -0.277 e. The molecule has 1 N–H and O–H groups in total. The van der Waals surface area contributed by atoms with Gasteiger partial charge < -0.3 is 0 Å². The van der Waals surface area contributed by atoms with Crippen LogP contribution in [0.15, 0.2) is 63.5 Å². The molecular formula is C17H10BrFN4S. The van der Waals surface area contributed by atoms with Crippen LogP contribution in [0.25, 0.3) is 11.3 Å². The van der Waals surface area contributed by atoms with E-state index in [0.29, 0.717) is 10.7 Å². The van der Waals surface area contributed by atoms with Crippen molar-refractivity contribution in [3.8, 4) is 17.3 Å². The number of aromatic nitrogens is 1. The van der Waals surface area contributed by atoms with Crippen LogP contribution in [0.5, 0.6) is 0 Å². The van der Waals surface area contributed by atoms with E-state index in [4.69, 9.17) is 0 Å². The summed E-state index contributed by atoms with van der Waals surface area (Å²) in [6.07, 6.45) is 0. The largest absolute Gasteiger partial charge is 0.277 e. The number of hydrogen-bond donors (Lipinski definition) is 1. The molecule has 118 valence electrons. The van der Waals surface area contributed by atoms with E-state index in [1.54, 1.807) is 12.1 Å². The monoisotopic (exact) mass is 400 g/mol. The predicted octanol–water partition coefficient (Wildman–Crippen LogP) is 5.05. The number of thiazole rings is 1. The molecule has 4 nitrogen and oxygen atoms in total. The number of anilines is 1. The Balaban J connectivity index is 1.81. The number of nitrogens with zero attached hydrogens (tertiary/aromatic N) is 3. The molecule has 0 aliphatic carbocycles. The first kappa shape index (κ1) is 16.3. The summed E-state index contributed by atoms with van der Waals surface area (Å²) in [5.74, 6) is -0.299. The van der Waals surface area contributed by atoms with Crippen molar-refractivity contribution in [3.05, 3.63) is 69.2 Å². The average molecular weight is 401 g/mol. The Bertz CT molecular complexity index is 911. The molecular weight excluding hydrogens is 391 g/mol. The predicted molar refractivity (Wildman–Crippen MR) is 97.4 cm³/mol. The van der Waals surface area contributed by atoms with Gasteiger partial charge in [0.25, 0.3) is 0 Å². The van der Waals surface area contributed by atoms with Gasteiger partial charge in [-0.3, -0.25) is 5.43 Å². The van der Waals surface area contributed by atoms with Gasteiger partial charge in [-0.05, 0) is 48.5 Å². The third-order valence-corrected chi connectivity index (χ3v) is 4.47. The van der Waals surface area contributed by atoms with Gasteiger partial charge in [-0.2, -0.15) is 10.4 Å². The number of rotatable bonds is 4. The number of hydrazone groups is 1. The second-order valence-electron chi connectivity index (χ2n) is 4.74. The maximum Gasteiger partial charge on any atom is 0.196 e. The lowest BCUT2D eigenvalue weighted by molar-refractivity contribution is 0.628. The van der Waals surface area contributed by atoms with Gasteiger partial charge in [0.05, 0.1) is 11.4 Å². The smallest absolute Gasteiger partial charge is 0.196 e. The van der Waals surface area contributed by atoms with Crippen LogP contribution in [0, 0.1) is 17.1 Å². The highest BCUT2D eigenvalue weighted by molar-refractivity contribution is 9.10. The highest BCUT2D eigenvalue weighted by Crippen LogP contribution is 2.23. The van der Waals surface area contributed by atoms with Gasteiger partial charge in [0.2, 0.25) is 0 Å². The standard InChI is InChI=1S/C17H10BrFN4S/c18-12-3-7-14(8-4-12)22-23-15(9-20)17-21-16(10-24-17)11-1-5-13(19)6-2-11/h1-8,10,22H/b23-15+. The first-order valence-corrected chi connectivity index (χ1v) is 8.54. The molecule has 0 radical (unpaired) electrons. The molecule has 1 aromatic heterocycles. The van der Waals surface area contributed by atoms with Gasteiger partial charge in [0.1, 0.15) is 11.9 Å². The van der Waals surface area contributed by atoms with Crippen molar-refractivity contribution < 1.29 is 4.39 Å². The molecule has 0 aliphatic rings. The van der Waals surface area contributed by atoms with Crippen LogP contribution >= 0.6 is 27.3 Å². The number of hydrogen-bond acceptors (Lipinski definition) is 5. The Kier molecular flexibility index (Phi) is 4.99. The molecule has 0 amide bonds. The maximum atomic E-state index is 13.0. The van der Waals surface area contributed by atoms with Crippen LogP contribution in [0.3, 0.4) is 0 Å². The zero-order chi connectivity index (χ0) is 16.9. The molecule has 0 atom stereocenters. The minimum atomic E-state index is -0.299. The summed E-state index contributed by atoms with van der Waals surface area (Å²) in [6.45, 7) is 0. The Hall–Kier alpha value is -2.56. The van der Waals surface area contributed by atoms with Crippen LogP contribution < -0.4 is 5.43 Å². The van der Waals surface area contributed by atoms with Crippen LogP contribution in [0.1, 0.15) is 5.01 Å². The van der Waals surface area contributed by atoms with Crippen molar-refractivity contribution >= 4 is 38.7 Å². The Labute approximate surface area is 150 Å². The molecule has 3 aromatic rings. The fourth-order valence-corrected chi connectivity index (χ4v) is 2.93. The van der Waals surface area contributed by atoms with Gasteiger partial charge in [0.15, 0.2) is 10.7 Å². The van der Waals surface area contributed by atoms with E-state index in [1.807, 2.05) is 35.7 Å². The minimum absolute atomic E-state index is 0.191. The molecule has 2 aromatic carbocycles. The van der Waals surface area contributed by atoms with E-state index in [0.717, 1.165) is 15.7 Å². The van der Waals surface area contributed by atoms with Crippen molar-refractivity contribution in [2.45, 2.75) is 0 Å². The number of benzene rings is 2. The Morgan fingerprint density at radius 2 is 1.88 bits per heavy atom. The van der Waals surface area contributed by atoms with Gasteiger partial charge >= 0.3 is 0 Å². The Morgan fingerprint density at radius 1 is 1.17 bits per heavy atom. The molecule has 0 unspecified atom stereocenters. The third kappa shape index (κ3) is 3.85. The van der Waals surface area contributed by atoms with E-state index >= 15 is 0 Å². The molecule has 0 saturated carbocycles. The van der Waals surface area contributed by atoms with E-state index in [1.165, 1.54) is 23.5 Å². The molecule has 3 rings (SSSR count). The molecule has 0 fully saturated rings. The second-order valence-corrected chi connectivity index (χ2v) is 6.51. The zero-order valence-electron chi connectivity index (χ0n) is 12.2. The van der Waals surface area contributed by atoms with Gasteiger partial charge in [-0.25, -0.2) is 9.37 Å². The van der Waals surface area contributed by atoms with E-state index in [-0.39, 0.29) is 11.5 Å². The summed E-state index contributed by atoms with van der Waals surface area (Å²) in [6, 6.07) is 15.5. The van der Waals surface area contributed by atoms with Gasteiger partial charge in [-0.1, -0.05) is 15.9 Å². The van der Waals surface area contributed by atoms with Crippen molar-refractivity contribution in [3.63, 3.8) is 0 Å². The summed E-state index contributed by atoms with van der Waals surface area (Å²) in [5, 5.41) is 15.7. The summed E-state index contributed by atoms with van der Waals surface area (Å²) in [4.78, 5) is 4.40. The molecule has 0 spiro atoms. The summed E-state index contributed by atoms with van der Waals surface area (Å²) in [5.41, 5.74) is 5.27. The number of nitrogens with one attached hydrogen (secondary N) is 1. The molecule has 0 saturated heterocycles. The average Bonchev–Trinajstić information content (AvgIpc) is 3.08. The lowest BCUT2D eigenvalue weighted by Crippen LogP contribution is -2.01. The fraction of sp³-hybridized carbons (Fsp3) is 0. The van der Waals surface area contributed by atoms with Crippen LogP contribution in [-0.2, 0) is 0 Å². The number of halogens is 2. The van der Waals surface area contributed by atoms with Crippen LogP contribution in [-0.4, -0.2) is 10.7 Å². The highest BCUT2D eigenvalue weighted by Gasteiger charge is 2.10. The lowest BCUT2D eigenvalue weighted by atomic mass is 10.2. The molecule has 0 aliphatic heterocycles. The summed E-state index contributed by atoms with van der Waals surface area (Å²) >= 11 is 4.67. The number of nitriles is 1. The first-order valence-electron chi connectivity index (χ1n) is 6.87. The summed E-state index contributed by atoms with van der Waals surface area (Å²) < 4.78 is 13.9. The Morgan fingerprint density at radius 3 is 2.54 bits per heavy atom. The van der Waals surface area contributed by atoms with Gasteiger partial charge in [0, 0.05) is 15.4 Å². The summed E-state index contributed by atoms with van der Waals surface area (Å²) in [7, 11) is 0. The second kappa shape index (κ2) is 7.34. The third-order valence-electron chi connectivity index (χ3n) is 3.09. The normalized spacial score (nSPS) is 11.1. The SMILES string of the molecule is N#C/C(=N\Nc1ccc(Br)cc1)c1nc(-c2ccc(F)cc2)cs1. The van der Waals surface area contributed by atoms with Crippen molar-refractivity contribution in [1.82, 2.24) is 4.98 Å². The topological polar surface area (TPSA) is 61.1 Å². The quantitative estimate of drug-likeness (QED) is 0.492. The van der Waals surface area contributed by atoms with E-state index < -0.39 is 0 Å². The molecule has 7 heteroatoms. The fourth-order valence-electron chi connectivity index (χ4n) is 1.90. The zero-order valence-corrected chi connectivity index (χ0v) is 14.6. The van der Waals surface area contributed by atoms with Crippen LogP contribution in [0.4, 0.5) is 10.1 Å². The molecule has 1 heterocycles. The van der Waals surface area contributed by atoms with Crippen molar-refractivity contribution in [2.75, 3.05) is 5.43 Å². The first-order chi connectivity index (χ1) is 11.7. The van der Waals surface area contributed by atoms with Gasteiger partial charge in [-0.15, -0.1) is 11.3 Å². The van der Waals surface area contributed by atoms with Crippen molar-refractivity contribution in [1.29, 1.82) is 5.26 Å². The highest BCUT2D eigenvalue weighted by atomic mass is 79.9. The van der Waals surface area contributed by atoms with Crippen molar-refractivity contribution in [2.24, 2.45) is 5.10 Å². The van der Waals surface area contributed by atoms with Crippen LogP contribution in [0.2, 0.25) is 0 Å². The molecule has 0 bridgehead atoms. The molecule has 24 heavy (non-hydrogen) atoms.